The molecule has 0 saturated heterocycles. The van der Waals surface area contributed by atoms with Crippen molar-refractivity contribution in [2.75, 3.05) is 5.32 Å². The number of aromatic amines is 1. The third-order valence-corrected chi connectivity index (χ3v) is 5.34. The molecule has 0 aliphatic rings. The van der Waals surface area contributed by atoms with E-state index in [1.165, 1.54) is 0 Å². The molecule has 0 bridgehead atoms. The third kappa shape index (κ3) is 2.61. The number of hydrogen-bond acceptors (Lipinski definition) is 5. The normalized spacial score (nSPS) is 11.4. The minimum absolute atomic E-state index is 0.586. The van der Waals surface area contributed by atoms with Gasteiger partial charge in [0, 0.05) is 28.7 Å². The maximum atomic E-state index is 6.19. The number of nitrogens with one attached hydrogen (secondary N) is 2. The van der Waals surface area contributed by atoms with Gasteiger partial charge in [0.2, 0.25) is 5.95 Å². The molecule has 3 heterocycles. The van der Waals surface area contributed by atoms with Crippen LogP contribution in [0.4, 0.5) is 5.95 Å². The van der Waals surface area contributed by atoms with Crippen LogP contribution in [-0.2, 0) is 6.54 Å². The van der Waals surface area contributed by atoms with E-state index in [0.717, 1.165) is 32.2 Å². The molecule has 0 spiro atoms. The van der Waals surface area contributed by atoms with Crippen LogP contribution in [0.3, 0.4) is 0 Å². The summed E-state index contributed by atoms with van der Waals surface area (Å²) in [6.07, 6.45) is 1.81. The van der Waals surface area contributed by atoms with E-state index in [0.29, 0.717) is 18.3 Å². The first kappa shape index (κ1) is 15.4. The molecular weight excluding hydrogens is 368 g/mol. The maximum absolute atomic E-state index is 6.19. The lowest BCUT2D eigenvalue weighted by molar-refractivity contribution is 0.987. The Hall–Kier alpha value is -2.90. The first-order valence-corrected chi connectivity index (χ1v) is 9.29. The molecule has 26 heavy (non-hydrogen) atoms. The van der Waals surface area contributed by atoms with Crippen molar-refractivity contribution in [3.63, 3.8) is 0 Å². The number of nitrogens with zero attached hydrogens (tertiary/aromatic N) is 4. The second kappa shape index (κ2) is 6.12. The van der Waals surface area contributed by atoms with Gasteiger partial charge in [-0.05, 0) is 29.8 Å². The highest BCUT2D eigenvalue weighted by Gasteiger charge is 2.11. The number of aromatic nitrogens is 5. The lowest BCUT2D eigenvalue weighted by atomic mass is 10.2. The van der Waals surface area contributed by atoms with E-state index < -0.39 is 0 Å². The van der Waals surface area contributed by atoms with Crippen molar-refractivity contribution in [3.05, 3.63) is 64.6 Å². The second-order valence-corrected chi connectivity index (χ2v) is 7.11. The topological polar surface area (TPSA) is 70.9 Å². The van der Waals surface area contributed by atoms with Crippen LogP contribution >= 0.6 is 22.9 Å². The molecule has 0 amide bonds. The molecule has 0 fully saturated rings. The van der Waals surface area contributed by atoms with Crippen LogP contribution in [-0.4, -0.2) is 24.6 Å². The fourth-order valence-corrected chi connectivity index (χ4v) is 3.72. The van der Waals surface area contributed by atoms with Gasteiger partial charge in [-0.15, -0.1) is 11.3 Å². The van der Waals surface area contributed by atoms with Gasteiger partial charge in [-0.3, -0.25) is 5.10 Å². The van der Waals surface area contributed by atoms with Gasteiger partial charge in [-0.2, -0.15) is 4.98 Å². The van der Waals surface area contributed by atoms with Crippen molar-refractivity contribution in [2.24, 2.45) is 0 Å². The molecule has 5 rings (SSSR count). The molecule has 0 saturated carbocycles. The summed E-state index contributed by atoms with van der Waals surface area (Å²) in [5.74, 6) is 1.27. The van der Waals surface area contributed by atoms with Crippen molar-refractivity contribution >= 4 is 45.7 Å². The summed E-state index contributed by atoms with van der Waals surface area (Å²) < 4.78 is 1.87. The fourth-order valence-electron chi connectivity index (χ4n) is 2.88. The highest BCUT2D eigenvalue weighted by Crippen LogP contribution is 2.26. The highest BCUT2D eigenvalue weighted by atomic mass is 35.5. The number of halogens is 1. The predicted molar refractivity (Wildman–Crippen MR) is 105 cm³/mol. The lowest BCUT2D eigenvalue weighted by Gasteiger charge is -2.04. The minimum Gasteiger partial charge on any atom is -0.350 e. The number of thiazole rings is 1. The Morgan fingerprint density at radius 1 is 1.15 bits per heavy atom. The summed E-state index contributed by atoms with van der Waals surface area (Å²) in [6.45, 7) is 0.586. The van der Waals surface area contributed by atoms with Crippen molar-refractivity contribution < 1.29 is 0 Å². The molecule has 0 aliphatic carbocycles. The van der Waals surface area contributed by atoms with E-state index in [1.807, 2.05) is 52.4 Å². The molecule has 0 aliphatic heterocycles. The van der Waals surface area contributed by atoms with E-state index in [1.54, 1.807) is 17.5 Å². The lowest BCUT2D eigenvalue weighted by Crippen LogP contribution is -2.01. The van der Waals surface area contributed by atoms with Crippen molar-refractivity contribution in [3.8, 4) is 10.6 Å². The quantitative estimate of drug-likeness (QED) is 0.478. The average Bonchev–Trinajstić information content (AvgIpc) is 3.36. The van der Waals surface area contributed by atoms with E-state index >= 15 is 0 Å². The molecule has 0 radical (unpaired) electrons. The Bertz CT molecular complexity index is 1210. The van der Waals surface area contributed by atoms with E-state index in [2.05, 4.69) is 25.4 Å². The van der Waals surface area contributed by atoms with Crippen LogP contribution in [0.2, 0.25) is 5.02 Å². The summed E-state index contributed by atoms with van der Waals surface area (Å²) in [5, 5.41) is 10.2. The zero-order valence-electron chi connectivity index (χ0n) is 13.5. The number of imidazole rings is 1. The maximum Gasteiger partial charge on any atom is 0.253 e. The minimum atomic E-state index is 0.586. The summed E-state index contributed by atoms with van der Waals surface area (Å²) in [6, 6.07) is 13.9. The number of anilines is 1. The Labute approximate surface area is 157 Å². The van der Waals surface area contributed by atoms with Crippen LogP contribution in [0.15, 0.2) is 54.0 Å². The van der Waals surface area contributed by atoms with Gasteiger partial charge in [0.05, 0.1) is 11.0 Å². The standard InChI is InChI=1S/C18H13ClN6S/c19-13-4-2-1-3-12(13)10-21-17-23-18-22-14-9-11(16-20-7-8-26-16)5-6-15(14)25(18)24-17/h1-9H,10H2,(H2,21,22,23,24). The van der Waals surface area contributed by atoms with Gasteiger partial charge < -0.3 is 5.32 Å². The predicted octanol–water partition coefficient (Wildman–Crippen LogP) is 4.60. The van der Waals surface area contributed by atoms with Gasteiger partial charge in [0.25, 0.3) is 5.78 Å². The zero-order chi connectivity index (χ0) is 17.5. The molecule has 2 aromatic carbocycles. The van der Waals surface area contributed by atoms with Crippen LogP contribution in [0.5, 0.6) is 0 Å². The van der Waals surface area contributed by atoms with E-state index in [4.69, 9.17) is 11.6 Å². The summed E-state index contributed by atoms with van der Waals surface area (Å²) >= 11 is 7.80. The largest absolute Gasteiger partial charge is 0.350 e. The monoisotopic (exact) mass is 380 g/mol. The van der Waals surface area contributed by atoms with Crippen LogP contribution in [0.25, 0.3) is 27.4 Å². The third-order valence-electron chi connectivity index (χ3n) is 4.15. The molecule has 2 N–H and O–H groups in total. The second-order valence-electron chi connectivity index (χ2n) is 5.81. The summed E-state index contributed by atoms with van der Waals surface area (Å²) in [5.41, 5.74) is 3.93. The summed E-state index contributed by atoms with van der Waals surface area (Å²) in [4.78, 5) is 13.5. The SMILES string of the molecule is Clc1ccccc1CNc1nc2nc3cc(-c4nccs4)ccc3n2[nH]1. The summed E-state index contributed by atoms with van der Waals surface area (Å²) in [7, 11) is 0. The first-order valence-electron chi connectivity index (χ1n) is 8.03. The molecule has 3 aromatic heterocycles. The van der Waals surface area contributed by atoms with Gasteiger partial charge in [0.15, 0.2) is 0 Å². The van der Waals surface area contributed by atoms with Gasteiger partial charge >= 0.3 is 0 Å². The van der Waals surface area contributed by atoms with Crippen LogP contribution < -0.4 is 5.32 Å². The van der Waals surface area contributed by atoms with Crippen molar-refractivity contribution in [2.45, 2.75) is 6.54 Å². The smallest absolute Gasteiger partial charge is 0.253 e. The molecule has 8 heteroatoms. The molecule has 128 valence electrons. The van der Waals surface area contributed by atoms with Crippen molar-refractivity contribution in [1.29, 1.82) is 0 Å². The highest BCUT2D eigenvalue weighted by molar-refractivity contribution is 7.13. The molecule has 0 unspecified atom stereocenters. The molecule has 0 atom stereocenters. The van der Waals surface area contributed by atoms with Crippen LogP contribution in [0.1, 0.15) is 5.56 Å². The zero-order valence-corrected chi connectivity index (χ0v) is 15.1. The van der Waals surface area contributed by atoms with Crippen LogP contribution in [0, 0.1) is 0 Å². The Morgan fingerprint density at radius 2 is 2.08 bits per heavy atom. The van der Waals surface area contributed by atoms with Gasteiger partial charge in [-0.1, -0.05) is 29.8 Å². The number of rotatable bonds is 4. The Balaban J connectivity index is 1.45. The number of H-pyrrole nitrogens is 1. The molecule has 6 nitrogen and oxygen atoms in total. The number of benzene rings is 2. The Kier molecular flexibility index (Phi) is 3.62. The van der Waals surface area contributed by atoms with E-state index in [9.17, 15) is 0 Å². The number of hydrogen-bond donors (Lipinski definition) is 2. The van der Waals surface area contributed by atoms with Crippen molar-refractivity contribution in [1.82, 2.24) is 24.6 Å². The van der Waals surface area contributed by atoms with Gasteiger partial charge in [0.1, 0.15) is 5.01 Å². The average molecular weight is 381 g/mol. The first-order chi connectivity index (χ1) is 12.8. The van der Waals surface area contributed by atoms with Gasteiger partial charge in [-0.25, -0.2) is 14.5 Å². The molecule has 5 aromatic rings. The molecular formula is C18H13ClN6S. The van der Waals surface area contributed by atoms with E-state index in [-0.39, 0.29) is 0 Å². The number of fused-ring (bicyclic) bond motifs is 3. The Morgan fingerprint density at radius 3 is 2.92 bits per heavy atom. The fraction of sp³-hybridized carbons (Fsp3) is 0.0556.